The summed E-state index contributed by atoms with van der Waals surface area (Å²) in [5, 5.41) is 3.92. The summed E-state index contributed by atoms with van der Waals surface area (Å²) < 4.78 is 70.2. The number of ether oxygens (including phenoxy) is 2. The number of benzene rings is 1. The van der Waals surface area contributed by atoms with Crippen molar-refractivity contribution in [3.8, 4) is 5.75 Å². The molecule has 5 rings (SSSR count). The maximum absolute atomic E-state index is 14.6. The third-order valence-electron chi connectivity index (χ3n) is 8.20. The van der Waals surface area contributed by atoms with Crippen LogP contribution in [0.1, 0.15) is 49.9 Å². The Labute approximate surface area is 224 Å². The molecule has 12 heteroatoms. The lowest BCUT2D eigenvalue weighted by Crippen LogP contribution is -2.45. The zero-order valence-electron chi connectivity index (χ0n) is 22.0. The van der Waals surface area contributed by atoms with Crippen LogP contribution in [0.25, 0.3) is 0 Å². The van der Waals surface area contributed by atoms with Crippen LogP contribution in [0.4, 0.5) is 23.6 Å². The summed E-state index contributed by atoms with van der Waals surface area (Å²) >= 11 is 0. The molecule has 3 fully saturated rings. The number of methoxy groups -OCH3 is 1. The molecule has 0 bridgehead atoms. The molecule has 39 heavy (non-hydrogen) atoms. The largest absolute Gasteiger partial charge is 0.493 e. The molecule has 1 amide bonds. The van der Waals surface area contributed by atoms with Gasteiger partial charge in [-0.2, -0.15) is 18.2 Å². The molecule has 2 aliphatic heterocycles. The Bertz CT molecular complexity index is 1140. The number of alkyl halides is 3. The Morgan fingerprint density at radius 1 is 1.18 bits per heavy atom. The van der Waals surface area contributed by atoms with Gasteiger partial charge in [0.1, 0.15) is 24.2 Å². The van der Waals surface area contributed by atoms with E-state index in [2.05, 4.69) is 15.0 Å². The number of carbonyl (C=O) groups is 1. The highest BCUT2D eigenvalue weighted by Gasteiger charge is 2.47. The van der Waals surface area contributed by atoms with E-state index in [1.807, 2.05) is 0 Å². The number of halogens is 4. The predicted octanol–water partition coefficient (Wildman–Crippen LogP) is 4.77. The lowest BCUT2D eigenvalue weighted by atomic mass is 9.90. The summed E-state index contributed by atoms with van der Waals surface area (Å²) in [7, 11) is 1.59. The van der Waals surface area contributed by atoms with Crippen LogP contribution in [0.5, 0.6) is 5.75 Å². The predicted molar refractivity (Wildman–Crippen MR) is 133 cm³/mol. The molecule has 0 radical (unpaired) electrons. The number of rotatable bonds is 10. The molecule has 1 aromatic heterocycles. The Morgan fingerprint density at radius 2 is 1.97 bits per heavy atom. The second-order valence-corrected chi connectivity index (χ2v) is 10.8. The number of likely N-dealkylation sites (tertiary alicyclic amines) is 1. The highest BCUT2D eigenvalue weighted by Crippen LogP contribution is 2.50. The molecule has 2 aromatic rings. The van der Waals surface area contributed by atoms with Crippen molar-refractivity contribution in [2.45, 2.75) is 63.8 Å². The second kappa shape index (κ2) is 11.7. The topological polar surface area (TPSA) is 80.9 Å². The molecule has 3 atom stereocenters. The molecule has 0 unspecified atom stereocenters. The van der Waals surface area contributed by atoms with E-state index < -0.39 is 30.4 Å². The number of amides is 1. The van der Waals surface area contributed by atoms with E-state index in [-0.39, 0.29) is 18.5 Å². The maximum atomic E-state index is 14.6. The van der Waals surface area contributed by atoms with Crippen molar-refractivity contribution in [2.24, 2.45) is 17.8 Å². The summed E-state index contributed by atoms with van der Waals surface area (Å²) in [6, 6.07) is 2.98. The van der Waals surface area contributed by atoms with Gasteiger partial charge in [-0.3, -0.25) is 4.79 Å². The molecule has 0 spiro atoms. The molecule has 3 heterocycles. The standard InChI is InChI=1S/C27H34F4N4O4/c1-37-16-24-32-26(39-33-24)34-10-6-17(7-11-34)21-13-18(21)8-12-38-20-5-4-19(22(28)15-20)14-25(36)35-9-2-3-23(35)27(29,30)31/h4-5,15,17-18,21,23H,2-3,6-14,16H2,1H3/t18-,21-,23+/m1/s1. The van der Waals surface area contributed by atoms with Crippen molar-refractivity contribution in [1.82, 2.24) is 15.0 Å². The third kappa shape index (κ3) is 6.64. The molecule has 1 aliphatic carbocycles. The van der Waals surface area contributed by atoms with Crippen molar-refractivity contribution in [3.05, 3.63) is 35.4 Å². The van der Waals surface area contributed by atoms with Gasteiger partial charge in [-0.1, -0.05) is 11.2 Å². The van der Waals surface area contributed by atoms with E-state index >= 15 is 0 Å². The van der Waals surface area contributed by atoms with Gasteiger partial charge in [0.15, 0.2) is 5.82 Å². The highest BCUT2D eigenvalue weighted by molar-refractivity contribution is 5.79. The minimum atomic E-state index is -4.47. The fourth-order valence-electron chi connectivity index (χ4n) is 6.02. The van der Waals surface area contributed by atoms with E-state index in [9.17, 15) is 22.4 Å². The molecule has 2 saturated heterocycles. The van der Waals surface area contributed by atoms with Gasteiger partial charge in [-0.15, -0.1) is 0 Å². The zero-order valence-corrected chi connectivity index (χ0v) is 22.0. The van der Waals surface area contributed by atoms with Crippen molar-refractivity contribution < 1.29 is 36.4 Å². The van der Waals surface area contributed by atoms with Crippen LogP contribution in [-0.2, 0) is 22.6 Å². The third-order valence-corrected chi connectivity index (χ3v) is 8.20. The number of carbonyl (C=O) groups excluding carboxylic acids is 1. The second-order valence-electron chi connectivity index (χ2n) is 10.8. The van der Waals surface area contributed by atoms with Crippen LogP contribution in [-0.4, -0.2) is 66.5 Å². The van der Waals surface area contributed by atoms with Gasteiger partial charge in [-0.25, -0.2) is 4.39 Å². The van der Waals surface area contributed by atoms with E-state index in [1.165, 1.54) is 12.1 Å². The summed E-state index contributed by atoms with van der Waals surface area (Å²) in [5.41, 5.74) is 0.0734. The Morgan fingerprint density at radius 3 is 2.69 bits per heavy atom. The quantitative estimate of drug-likeness (QED) is 0.392. The molecule has 3 aliphatic rings. The summed E-state index contributed by atoms with van der Waals surface area (Å²) in [4.78, 5) is 19.8. The Hall–Kier alpha value is -2.89. The van der Waals surface area contributed by atoms with E-state index in [1.54, 1.807) is 13.2 Å². The number of hydrogen-bond acceptors (Lipinski definition) is 7. The fraction of sp³-hybridized carbons (Fsp3) is 0.667. The number of nitrogens with zero attached hydrogens (tertiary/aromatic N) is 4. The summed E-state index contributed by atoms with van der Waals surface area (Å²) in [6.07, 6.45) is -0.508. The number of aromatic nitrogens is 2. The van der Waals surface area contributed by atoms with Gasteiger partial charge < -0.3 is 23.8 Å². The Balaban J connectivity index is 1.03. The normalized spacial score (nSPS) is 23.9. The van der Waals surface area contributed by atoms with Gasteiger partial charge in [-0.05, 0) is 67.9 Å². The first kappa shape index (κ1) is 27.7. The minimum absolute atomic E-state index is 0.0431. The van der Waals surface area contributed by atoms with Crippen LogP contribution < -0.4 is 9.64 Å². The molecular weight excluding hydrogens is 520 g/mol. The van der Waals surface area contributed by atoms with E-state index in [4.69, 9.17) is 14.0 Å². The molecule has 1 aromatic carbocycles. The van der Waals surface area contributed by atoms with Crippen molar-refractivity contribution >= 4 is 11.9 Å². The monoisotopic (exact) mass is 554 g/mol. The SMILES string of the molecule is COCc1noc(N2CCC([C@H]3C[C@H]3CCOc3ccc(CC(=O)N4CCC[C@H]4C(F)(F)F)c(F)c3)CC2)n1. The number of hydrogen-bond donors (Lipinski definition) is 0. The maximum Gasteiger partial charge on any atom is 0.408 e. The van der Waals surface area contributed by atoms with Gasteiger partial charge in [0.25, 0.3) is 0 Å². The first-order chi connectivity index (χ1) is 18.7. The van der Waals surface area contributed by atoms with Gasteiger partial charge in [0.2, 0.25) is 5.91 Å². The van der Waals surface area contributed by atoms with Gasteiger partial charge in [0.05, 0.1) is 13.0 Å². The van der Waals surface area contributed by atoms with E-state index in [0.29, 0.717) is 55.0 Å². The average Bonchev–Trinajstić information content (AvgIpc) is 3.27. The lowest BCUT2D eigenvalue weighted by Gasteiger charge is -2.30. The molecular formula is C27H34F4N4O4. The van der Waals surface area contributed by atoms with E-state index in [0.717, 1.165) is 43.7 Å². The molecule has 214 valence electrons. The minimum Gasteiger partial charge on any atom is -0.493 e. The van der Waals surface area contributed by atoms with Crippen LogP contribution >= 0.6 is 0 Å². The van der Waals surface area contributed by atoms with Crippen molar-refractivity contribution in [1.29, 1.82) is 0 Å². The summed E-state index contributed by atoms with van der Waals surface area (Å²) in [5.74, 6) is 1.45. The smallest absolute Gasteiger partial charge is 0.408 e. The average molecular weight is 555 g/mol. The zero-order chi connectivity index (χ0) is 27.6. The van der Waals surface area contributed by atoms with Crippen LogP contribution in [0, 0.1) is 23.6 Å². The van der Waals surface area contributed by atoms with Gasteiger partial charge >= 0.3 is 12.2 Å². The van der Waals surface area contributed by atoms with Crippen LogP contribution in [0.3, 0.4) is 0 Å². The first-order valence-corrected chi connectivity index (χ1v) is 13.6. The number of anilines is 1. The van der Waals surface area contributed by atoms with Gasteiger partial charge in [0, 0.05) is 32.8 Å². The fourth-order valence-corrected chi connectivity index (χ4v) is 6.02. The van der Waals surface area contributed by atoms with Crippen molar-refractivity contribution in [2.75, 3.05) is 38.3 Å². The van der Waals surface area contributed by atoms with Crippen LogP contribution in [0.15, 0.2) is 22.7 Å². The van der Waals surface area contributed by atoms with Crippen molar-refractivity contribution in [3.63, 3.8) is 0 Å². The highest BCUT2D eigenvalue weighted by atomic mass is 19.4. The van der Waals surface area contributed by atoms with Crippen LogP contribution in [0.2, 0.25) is 0 Å². The lowest BCUT2D eigenvalue weighted by molar-refractivity contribution is -0.182. The molecule has 0 N–H and O–H groups in total. The molecule has 1 saturated carbocycles. The number of piperidine rings is 1. The molecule has 8 nitrogen and oxygen atoms in total. The Kier molecular flexibility index (Phi) is 8.29. The summed E-state index contributed by atoms with van der Waals surface area (Å²) in [6.45, 7) is 2.58. The first-order valence-electron chi connectivity index (χ1n) is 13.6.